The predicted molar refractivity (Wildman–Crippen MR) is 76.7 cm³/mol. The summed E-state index contributed by atoms with van der Waals surface area (Å²) >= 11 is 0. The number of benzene rings is 2. The van der Waals surface area contributed by atoms with E-state index < -0.39 is 0 Å². The van der Waals surface area contributed by atoms with Gasteiger partial charge in [-0.3, -0.25) is 0 Å². The number of phenolic OH excluding ortho intramolecular Hbond substituents is 1. The third-order valence-electron chi connectivity index (χ3n) is 3.20. The van der Waals surface area contributed by atoms with Crippen molar-refractivity contribution in [2.24, 2.45) is 0 Å². The standard InChI is InChI=1S/C16H14O4/c1-18-13-9-11-8-7-10-5-3-4-6-12(10)20-15(11)14(17)16(13)19-2/h3-9,17H,1-2H3. The number of ether oxygens (including phenoxy) is 3. The Balaban J connectivity index is 2.22. The lowest BCUT2D eigenvalue weighted by Gasteiger charge is -2.15. The van der Waals surface area contributed by atoms with Gasteiger partial charge >= 0.3 is 0 Å². The van der Waals surface area contributed by atoms with E-state index in [-0.39, 0.29) is 11.5 Å². The van der Waals surface area contributed by atoms with Gasteiger partial charge in [0.2, 0.25) is 11.5 Å². The molecule has 0 fully saturated rings. The molecule has 0 radical (unpaired) electrons. The first-order valence-corrected chi connectivity index (χ1v) is 6.17. The molecule has 0 spiro atoms. The number of fused-ring (bicyclic) bond motifs is 2. The fraction of sp³-hybridized carbons (Fsp3) is 0.125. The summed E-state index contributed by atoms with van der Waals surface area (Å²) in [6.07, 6.45) is 3.81. The topological polar surface area (TPSA) is 47.9 Å². The Morgan fingerprint density at radius 3 is 2.50 bits per heavy atom. The lowest BCUT2D eigenvalue weighted by atomic mass is 10.1. The molecule has 1 aliphatic heterocycles. The second-order valence-electron chi connectivity index (χ2n) is 4.35. The number of hydrogen-bond donors (Lipinski definition) is 1. The third kappa shape index (κ3) is 1.86. The molecule has 0 saturated heterocycles. The SMILES string of the molecule is COc1cc2c(c(O)c1OC)Oc1ccccc1C=C2. The quantitative estimate of drug-likeness (QED) is 0.771. The van der Waals surface area contributed by atoms with Gasteiger partial charge in [-0.05, 0) is 12.1 Å². The summed E-state index contributed by atoms with van der Waals surface area (Å²) in [6, 6.07) is 9.39. The van der Waals surface area contributed by atoms with E-state index in [9.17, 15) is 5.11 Å². The van der Waals surface area contributed by atoms with Crippen LogP contribution in [0, 0.1) is 0 Å². The number of hydrogen-bond acceptors (Lipinski definition) is 4. The Morgan fingerprint density at radius 2 is 1.75 bits per heavy atom. The molecule has 0 aromatic heterocycles. The smallest absolute Gasteiger partial charge is 0.207 e. The van der Waals surface area contributed by atoms with Crippen LogP contribution in [-0.2, 0) is 0 Å². The molecule has 0 amide bonds. The van der Waals surface area contributed by atoms with Crippen LogP contribution < -0.4 is 14.2 Å². The van der Waals surface area contributed by atoms with Crippen molar-refractivity contribution >= 4 is 12.2 Å². The van der Waals surface area contributed by atoms with Crippen LogP contribution in [0.15, 0.2) is 30.3 Å². The van der Waals surface area contributed by atoms with Crippen LogP contribution >= 0.6 is 0 Å². The minimum Gasteiger partial charge on any atom is -0.502 e. The molecule has 0 bridgehead atoms. The van der Waals surface area contributed by atoms with Crippen molar-refractivity contribution in [1.82, 2.24) is 0 Å². The van der Waals surface area contributed by atoms with Crippen molar-refractivity contribution in [2.45, 2.75) is 0 Å². The number of methoxy groups -OCH3 is 2. The van der Waals surface area contributed by atoms with Gasteiger partial charge in [-0.1, -0.05) is 30.4 Å². The van der Waals surface area contributed by atoms with Crippen molar-refractivity contribution < 1.29 is 19.3 Å². The van der Waals surface area contributed by atoms with Crippen LogP contribution in [0.1, 0.15) is 11.1 Å². The fourth-order valence-electron chi connectivity index (χ4n) is 2.21. The van der Waals surface area contributed by atoms with Crippen molar-refractivity contribution in [3.05, 3.63) is 41.5 Å². The van der Waals surface area contributed by atoms with E-state index in [0.29, 0.717) is 17.2 Å². The molecule has 2 aromatic rings. The molecule has 4 nitrogen and oxygen atoms in total. The Kier molecular flexibility index (Phi) is 2.99. The Hall–Kier alpha value is -2.62. The summed E-state index contributed by atoms with van der Waals surface area (Å²) in [7, 11) is 3.00. The maximum atomic E-state index is 10.3. The van der Waals surface area contributed by atoms with Gasteiger partial charge in [-0.25, -0.2) is 0 Å². The second kappa shape index (κ2) is 4.81. The molecule has 3 rings (SSSR count). The minimum atomic E-state index is -0.0665. The van der Waals surface area contributed by atoms with E-state index in [1.165, 1.54) is 14.2 Å². The molecule has 20 heavy (non-hydrogen) atoms. The molecular weight excluding hydrogens is 256 g/mol. The molecule has 0 unspecified atom stereocenters. The zero-order chi connectivity index (χ0) is 14.1. The molecule has 1 N–H and O–H groups in total. The largest absolute Gasteiger partial charge is 0.502 e. The van der Waals surface area contributed by atoms with Crippen LogP contribution in [-0.4, -0.2) is 19.3 Å². The normalized spacial score (nSPS) is 11.9. The van der Waals surface area contributed by atoms with Crippen LogP contribution in [0.4, 0.5) is 0 Å². The van der Waals surface area contributed by atoms with Crippen molar-refractivity contribution in [3.63, 3.8) is 0 Å². The highest BCUT2D eigenvalue weighted by Crippen LogP contribution is 2.49. The van der Waals surface area contributed by atoms with Gasteiger partial charge in [0.1, 0.15) is 5.75 Å². The Morgan fingerprint density at radius 1 is 1.00 bits per heavy atom. The van der Waals surface area contributed by atoms with Crippen LogP contribution in [0.2, 0.25) is 0 Å². The Labute approximate surface area is 116 Å². The molecule has 0 aliphatic carbocycles. The van der Waals surface area contributed by atoms with Crippen LogP contribution in [0.25, 0.3) is 12.2 Å². The summed E-state index contributed by atoms with van der Waals surface area (Å²) < 4.78 is 16.2. The molecule has 102 valence electrons. The lowest BCUT2D eigenvalue weighted by Crippen LogP contribution is -1.95. The molecule has 2 aromatic carbocycles. The van der Waals surface area contributed by atoms with E-state index >= 15 is 0 Å². The van der Waals surface area contributed by atoms with E-state index in [4.69, 9.17) is 14.2 Å². The summed E-state index contributed by atoms with van der Waals surface area (Å²) in [5.41, 5.74) is 1.68. The summed E-state index contributed by atoms with van der Waals surface area (Å²) in [5, 5.41) is 10.3. The summed E-state index contributed by atoms with van der Waals surface area (Å²) in [6.45, 7) is 0. The number of para-hydroxylation sites is 1. The highest BCUT2D eigenvalue weighted by atomic mass is 16.5. The second-order valence-corrected chi connectivity index (χ2v) is 4.35. The fourth-order valence-corrected chi connectivity index (χ4v) is 2.21. The van der Waals surface area contributed by atoms with Crippen LogP contribution in [0.5, 0.6) is 28.7 Å². The van der Waals surface area contributed by atoms with Crippen molar-refractivity contribution in [2.75, 3.05) is 14.2 Å². The monoisotopic (exact) mass is 270 g/mol. The minimum absolute atomic E-state index is 0.0665. The summed E-state index contributed by atoms with van der Waals surface area (Å²) in [5.74, 6) is 1.71. The van der Waals surface area contributed by atoms with Gasteiger partial charge in [0, 0.05) is 11.1 Å². The maximum Gasteiger partial charge on any atom is 0.207 e. The number of rotatable bonds is 2. The molecular formula is C16H14O4. The number of aromatic hydroxyl groups is 1. The van der Waals surface area contributed by atoms with E-state index in [0.717, 1.165) is 11.1 Å². The average Bonchev–Trinajstić information content (AvgIpc) is 2.66. The molecule has 4 heteroatoms. The maximum absolute atomic E-state index is 10.3. The highest BCUT2D eigenvalue weighted by Gasteiger charge is 2.22. The van der Waals surface area contributed by atoms with Gasteiger partial charge < -0.3 is 19.3 Å². The van der Waals surface area contributed by atoms with Crippen molar-refractivity contribution in [3.8, 4) is 28.7 Å². The molecule has 1 heterocycles. The van der Waals surface area contributed by atoms with Crippen molar-refractivity contribution in [1.29, 1.82) is 0 Å². The van der Waals surface area contributed by atoms with Gasteiger partial charge in [-0.15, -0.1) is 0 Å². The Bertz CT molecular complexity index is 689. The predicted octanol–water partition coefficient (Wildman–Crippen LogP) is 3.69. The lowest BCUT2D eigenvalue weighted by molar-refractivity contribution is 0.323. The van der Waals surface area contributed by atoms with E-state index in [2.05, 4.69) is 0 Å². The first-order chi connectivity index (χ1) is 9.74. The highest BCUT2D eigenvalue weighted by molar-refractivity contribution is 5.81. The van der Waals surface area contributed by atoms with Gasteiger partial charge in [0.25, 0.3) is 0 Å². The first-order valence-electron chi connectivity index (χ1n) is 6.17. The summed E-state index contributed by atoms with van der Waals surface area (Å²) in [4.78, 5) is 0. The molecule has 0 atom stereocenters. The molecule has 1 aliphatic rings. The van der Waals surface area contributed by atoms with E-state index in [1.807, 2.05) is 36.4 Å². The van der Waals surface area contributed by atoms with Gasteiger partial charge in [-0.2, -0.15) is 0 Å². The third-order valence-corrected chi connectivity index (χ3v) is 3.20. The van der Waals surface area contributed by atoms with Gasteiger partial charge in [0.05, 0.1) is 14.2 Å². The van der Waals surface area contributed by atoms with Crippen LogP contribution in [0.3, 0.4) is 0 Å². The zero-order valence-electron chi connectivity index (χ0n) is 11.2. The molecule has 0 saturated carbocycles. The van der Waals surface area contributed by atoms with Gasteiger partial charge in [0.15, 0.2) is 11.5 Å². The first kappa shape index (κ1) is 12.4. The van der Waals surface area contributed by atoms with E-state index in [1.54, 1.807) is 6.07 Å². The average molecular weight is 270 g/mol. The number of phenols is 1. The zero-order valence-corrected chi connectivity index (χ0v) is 11.2.